The number of ether oxygens (including phenoxy) is 2. The van der Waals surface area contributed by atoms with Gasteiger partial charge in [-0.05, 0) is 32.4 Å². The van der Waals surface area contributed by atoms with Gasteiger partial charge in [0, 0.05) is 6.61 Å². The Balaban J connectivity index is 2.82. The van der Waals surface area contributed by atoms with Gasteiger partial charge in [0.25, 0.3) is 5.60 Å². The molecule has 6 nitrogen and oxygen atoms in total. The van der Waals surface area contributed by atoms with Crippen molar-refractivity contribution in [3.8, 4) is 5.75 Å². The maximum absolute atomic E-state index is 12.2. The van der Waals surface area contributed by atoms with Crippen LogP contribution >= 0.6 is 0 Å². The van der Waals surface area contributed by atoms with Crippen LogP contribution in [0.15, 0.2) is 30.3 Å². The van der Waals surface area contributed by atoms with Gasteiger partial charge in [-0.2, -0.15) is 0 Å². The summed E-state index contributed by atoms with van der Waals surface area (Å²) < 4.78 is 10.2. The van der Waals surface area contributed by atoms with E-state index in [0.29, 0.717) is 5.75 Å². The van der Waals surface area contributed by atoms with Gasteiger partial charge in [-0.3, -0.25) is 4.89 Å². The minimum atomic E-state index is -1.81. The summed E-state index contributed by atoms with van der Waals surface area (Å²) >= 11 is 0. The van der Waals surface area contributed by atoms with Crippen molar-refractivity contribution in [2.75, 3.05) is 13.2 Å². The van der Waals surface area contributed by atoms with Crippen LogP contribution in [-0.2, 0) is 24.0 Å². The third-order valence-electron chi connectivity index (χ3n) is 2.78. The van der Waals surface area contributed by atoms with Crippen LogP contribution in [0.5, 0.6) is 5.75 Å². The summed E-state index contributed by atoms with van der Waals surface area (Å²) in [7, 11) is 0. The van der Waals surface area contributed by atoms with Crippen LogP contribution in [0.3, 0.4) is 0 Å². The molecule has 0 spiro atoms. The number of hydrogen-bond acceptors (Lipinski definition) is 6. The average molecular weight is 296 g/mol. The van der Waals surface area contributed by atoms with Gasteiger partial charge in [-0.25, -0.2) is 14.5 Å². The van der Waals surface area contributed by atoms with Gasteiger partial charge in [0.2, 0.25) is 0 Å². The Morgan fingerprint density at radius 3 is 2.19 bits per heavy atom. The van der Waals surface area contributed by atoms with Gasteiger partial charge in [0.1, 0.15) is 0 Å². The lowest BCUT2D eigenvalue weighted by atomic mass is 10.0. The predicted molar refractivity (Wildman–Crippen MR) is 74.4 cm³/mol. The van der Waals surface area contributed by atoms with Crippen molar-refractivity contribution >= 4 is 11.9 Å². The molecule has 0 amide bonds. The molecule has 1 rings (SSSR count). The van der Waals surface area contributed by atoms with Gasteiger partial charge in [-0.15, -0.1) is 0 Å². The summed E-state index contributed by atoms with van der Waals surface area (Å²) in [6.45, 7) is 5.26. The lowest BCUT2D eigenvalue weighted by Gasteiger charge is -2.26. The molecule has 116 valence electrons. The number of rotatable bonds is 8. The monoisotopic (exact) mass is 296 g/mol. The molecular formula is C15H20O6. The second-order valence-electron chi connectivity index (χ2n) is 4.10. The predicted octanol–water partition coefficient (Wildman–Crippen LogP) is 2.27. The van der Waals surface area contributed by atoms with Crippen LogP contribution in [0.2, 0.25) is 0 Å². The molecule has 0 fully saturated rings. The van der Waals surface area contributed by atoms with Gasteiger partial charge in [0.05, 0.1) is 6.61 Å². The lowest BCUT2D eigenvalue weighted by molar-refractivity contribution is -0.240. The Hall–Kier alpha value is -2.08. The third-order valence-corrected chi connectivity index (χ3v) is 2.78. The Morgan fingerprint density at radius 1 is 1.00 bits per heavy atom. The highest BCUT2D eigenvalue weighted by atomic mass is 17.2. The topological polar surface area (TPSA) is 71.1 Å². The van der Waals surface area contributed by atoms with E-state index >= 15 is 0 Å². The zero-order valence-corrected chi connectivity index (χ0v) is 12.5. The van der Waals surface area contributed by atoms with E-state index in [0.717, 1.165) is 0 Å². The SMILES string of the molecule is CCOC(=O)C(CC)(OCC)C(=O)OOc1ccccc1. The van der Waals surface area contributed by atoms with E-state index in [-0.39, 0.29) is 19.6 Å². The molecule has 1 aromatic rings. The smallest absolute Gasteiger partial charge is 0.398 e. The van der Waals surface area contributed by atoms with Crippen LogP contribution in [0.25, 0.3) is 0 Å². The number of esters is 1. The highest BCUT2D eigenvalue weighted by Gasteiger charge is 2.50. The second-order valence-corrected chi connectivity index (χ2v) is 4.10. The Labute approximate surface area is 123 Å². The zero-order valence-electron chi connectivity index (χ0n) is 12.5. The molecule has 0 heterocycles. The standard InChI is InChI=1S/C15H20O6/c1-4-15(19-6-3,13(16)18-5-2)14(17)21-20-12-10-8-7-9-11-12/h7-11H,4-6H2,1-3H3. The van der Waals surface area contributed by atoms with Crippen molar-refractivity contribution in [3.05, 3.63) is 30.3 Å². The molecular weight excluding hydrogens is 276 g/mol. The molecule has 1 aromatic carbocycles. The molecule has 21 heavy (non-hydrogen) atoms. The summed E-state index contributed by atoms with van der Waals surface area (Å²) in [4.78, 5) is 33.9. The fourth-order valence-corrected chi connectivity index (χ4v) is 1.72. The highest BCUT2D eigenvalue weighted by Crippen LogP contribution is 2.21. The van der Waals surface area contributed by atoms with Crippen molar-refractivity contribution in [3.63, 3.8) is 0 Å². The van der Waals surface area contributed by atoms with Crippen molar-refractivity contribution in [2.24, 2.45) is 0 Å². The van der Waals surface area contributed by atoms with Crippen molar-refractivity contribution in [1.82, 2.24) is 0 Å². The molecule has 0 N–H and O–H groups in total. The molecule has 0 aliphatic carbocycles. The number of hydrogen-bond donors (Lipinski definition) is 0. The molecule has 1 unspecified atom stereocenters. The quantitative estimate of drug-likeness (QED) is 0.317. The molecule has 0 radical (unpaired) electrons. The van der Waals surface area contributed by atoms with Crippen molar-refractivity contribution in [1.29, 1.82) is 0 Å². The molecule has 6 heteroatoms. The maximum Gasteiger partial charge on any atom is 0.398 e. The zero-order chi connectivity index (χ0) is 15.7. The normalized spacial score (nSPS) is 13.1. The van der Waals surface area contributed by atoms with Gasteiger partial charge >= 0.3 is 11.9 Å². The van der Waals surface area contributed by atoms with Crippen LogP contribution in [-0.4, -0.2) is 30.8 Å². The van der Waals surface area contributed by atoms with E-state index in [4.69, 9.17) is 19.2 Å². The number of para-hydroxylation sites is 1. The molecule has 0 aliphatic rings. The molecule has 0 saturated heterocycles. The maximum atomic E-state index is 12.2. The largest absolute Gasteiger partial charge is 0.463 e. The summed E-state index contributed by atoms with van der Waals surface area (Å²) in [5.41, 5.74) is -1.81. The van der Waals surface area contributed by atoms with Crippen molar-refractivity contribution in [2.45, 2.75) is 32.8 Å². The minimum Gasteiger partial charge on any atom is -0.463 e. The second kappa shape index (κ2) is 8.26. The highest BCUT2D eigenvalue weighted by molar-refractivity contribution is 6.03. The molecule has 0 aliphatic heterocycles. The van der Waals surface area contributed by atoms with Gasteiger partial charge < -0.3 is 9.47 Å². The molecule has 1 atom stereocenters. The first-order valence-electron chi connectivity index (χ1n) is 6.85. The molecule has 0 aromatic heterocycles. The average Bonchev–Trinajstić information content (AvgIpc) is 2.51. The fraction of sp³-hybridized carbons (Fsp3) is 0.467. The van der Waals surface area contributed by atoms with E-state index < -0.39 is 17.5 Å². The van der Waals surface area contributed by atoms with Gasteiger partial charge in [0.15, 0.2) is 5.75 Å². The molecule has 0 saturated carbocycles. The molecule has 0 bridgehead atoms. The third kappa shape index (κ3) is 4.19. The first kappa shape index (κ1) is 17.0. The number of carbonyl (C=O) groups is 2. The van der Waals surface area contributed by atoms with E-state index in [1.54, 1.807) is 51.1 Å². The van der Waals surface area contributed by atoms with E-state index in [1.165, 1.54) is 0 Å². The van der Waals surface area contributed by atoms with E-state index in [1.807, 2.05) is 0 Å². The first-order chi connectivity index (χ1) is 10.1. The summed E-state index contributed by atoms with van der Waals surface area (Å²) in [5, 5.41) is 0. The van der Waals surface area contributed by atoms with E-state index in [9.17, 15) is 9.59 Å². The summed E-state index contributed by atoms with van der Waals surface area (Å²) in [5.74, 6) is -1.37. The lowest BCUT2D eigenvalue weighted by Crippen LogP contribution is -2.51. The Bertz CT molecular complexity index is 458. The summed E-state index contributed by atoms with van der Waals surface area (Å²) in [6.07, 6.45) is 0.0800. The summed E-state index contributed by atoms with van der Waals surface area (Å²) in [6, 6.07) is 8.48. The first-order valence-corrected chi connectivity index (χ1v) is 6.85. The van der Waals surface area contributed by atoms with Crippen molar-refractivity contribution < 1.29 is 28.8 Å². The van der Waals surface area contributed by atoms with Crippen LogP contribution in [0, 0.1) is 0 Å². The number of carbonyl (C=O) groups excluding carboxylic acids is 2. The van der Waals surface area contributed by atoms with Crippen LogP contribution in [0.1, 0.15) is 27.2 Å². The Morgan fingerprint density at radius 2 is 1.67 bits per heavy atom. The van der Waals surface area contributed by atoms with E-state index in [2.05, 4.69) is 0 Å². The number of benzene rings is 1. The fourth-order valence-electron chi connectivity index (χ4n) is 1.72. The van der Waals surface area contributed by atoms with Crippen LogP contribution in [0.4, 0.5) is 0 Å². The Kier molecular flexibility index (Phi) is 6.68. The minimum absolute atomic E-state index is 0.0800. The van der Waals surface area contributed by atoms with Crippen LogP contribution < -0.4 is 4.89 Å². The van der Waals surface area contributed by atoms with Gasteiger partial charge in [-0.1, -0.05) is 25.1 Å².